The Hall–Kier alpha value is -1.64. The molecule has 2 rings (SSSR count). The predicted molar refractivity (Wildman–Crippen MR) is 55.5 cm³/mol. The molecule has 2 aromatic rings. The minimum absolute atomic E-state index is 0.244. The lowest BCUT2D eigenvalue weighted by molar-refractivity contribution is 0.629. The number of nitrogen functional groups attached to an aromatic ring is 1. The first-order chi connectivity index (χ1) is 6.70. The van der Waals surface area contributed by atoms with Crippen LogP contribution in [0.4, 0.5) is 10.2 Å². The van der Waals surface area contributed by atoms with Gasteiger partial charge in [0.15, 0.2) is 0 Å². The number of hydrogen-bond acceptors (Lipinski definition) is 2. The van der Waals surface area contributed by atoms with E-state index < -0.39 is 0 Å². The number of aryl methyl sites for hydroxylation is 1. The molecule has 0 bridgehead atoms. The van der Waals surface area contributed by atoms with Gasteiger partial charge >= 0.3 is 0 Å². The minimum atomic E-state index is -0.244. The average Bonchev–Trinajstić information content (AvgIpc) is 2.17. The summed E-state index contributed by atoms with van der Waals surface area (Å²) >= 11 is 0. The molecule has 0 aliphatic rings. The second-order valence-electron chi connectivity index (χ2n) is 3.22. The molecule has 3 heteroatoms. The van der Waals surface area contributed by atoms with Crippen molar-refractivity contribution in [2.24, 2.45) is 0 Å². The average molecular weight is 190 g/mol. The maximum absolute atomic E-state index is 12.9. The van der Waals surface area contributed by atoms with Crippen LogP contribution < -0.4 is 5.73 Å². The fourth-order valence-corrected chi connectivity index (χ4v) is 1.49. The second kappa shape index (κ2) is 3.25. The minimum Gasteiger partial charge on any atom is -0.383 e. The third-order valence-corrected chi connectivity index (χ3v) is 2.27. The SMILES string of the molecule is CCc1cc2cc(F)ccc2nc1N. The van der Waals surface area contributed by atoms with Crippen molar-refractivity contribution in [3.8, 4) is 0 Å². The molecule has 2 N–H and O–H groups in total. The molecule has 0 fully saturated rings. The summed E-state index contributed by atoms with van der Waals surface area (Å²) < 4.78 is 12.9. The number of anilines is 1. The fraction of sp³-hybridized carbons (Fsp3) is 0.182. The number of nitrogens with two attached hydrogens (primary N) is 1. The first-order valence-electron chi connectivity index (χ1n) is 4.55. The van der Waals surface area contributed by atoms with Gasteiger partial charge in [-0.1, -0.05) is 6.92 Å². The monoisotopic (exact) mass is 190 g/mol. The molecule has 1 aromatic heterocycles. The van der Waals surface area contributed by atoms with E-state index in [2.05, 4.69) is 4.98 Å². The molecule has 0 aliphatic heterocycles. The lowest BCUT2D eigenvalue weighted by Gasteiger charge is -2.04. The van der Waals surface area contributed by atoms with E-state index in [1.165, 1.54) is 12.1 Å². The summed E-state index contributed by atoms with van der Waals surface area (Å²) in [6, 6.07) is 6.39. The summed E-state index contributed by atoms with van der Waals surface area (Å²) in [5.74, 6) is 0.290. The lowest BCUT2D eigenvalue weighted by atomic mass is 10.1. The molecule has 0 unspecified atom stereocenters. The molecule has 0 spiro atoms. The molecule has 0 atom stereocenters. The number of halogens is 1. The van der Waals surface area contributed by atoms with Gasteiger partial charge < -0.3 is 5.73 Å². The molecule has 0 saturated heterocycles. The van der Waals surface area contributed by atoms with Crippen LogP contribution in [0.15, 0.2) is 24.3 Å². The summed E-state index contributed by atoms with van der Waals surface area (Å²) in [6.07, 6.45) is 0.811. The van der Waals surface area contributed by atoms with Crippen LogP contribution in [0.25, 0.3) is 10.9 Å². The van der Waals surface area contributed by atoms with Crippen molar-refractivity contribution in [2.75, 3.05) is 5.73 Å². The number of hydrogen-bond donors (Lipinski definition) is 1. The Balaban J connectivity index is 2.73. The molecule has 72 valence electrons. The van der Waals surface area contributed by atoms with Crippen LogP contribution in [0.1, 0.15) is 12.5 Å². The van der Waals surface area contributed by atoms with Crippen molar-refractivity contribution >= 4 is 16.7 Å². The molecule has 2 nitrogen and oxygen atoms in total. The van der Waals surface area contributed by atoms with Crippen LogP contribution in [-0.4, -0.2) is 4.98 Å². The zero-order valence-corrected chi connectivity index (χ0v) is 7.92. The Kier molecular flexibility index (Phi) is 2.08. The summed E-state index contributed by atoms with van der Waals surface area (Å²) in [7, 11) is 0. The van der Waals surface area contributed by atoms with Crippen LogP contribution in [0.5, 0.6) is 0 Å². The van der Waals surface area contributed by atoms with Crippen molar-refractivity contribution in [2.45, 2.75) is 13.3 Å². The fourth-order valence-electron chi connectivity index (χ4n) is 1.49. The lowest BCUT2D eigenvalue weighted by Crippen LogP contribution is -1.97. The molecule has 0 radical (unpaired) electrons. The summed E-state index contributed by atoms with van der Waals surface area (Å²) in [5, 5.41) is 0.802. The number of fused-ring (bicyclic) bond motifs is 1. The van der Waals surface area contributed by atoms with Crippen LogP contribution in [0.2, 0.25) is 0 Å². The molecule has 14 heavy (non-hydrogen) atoms. The Bertz CT molecular complexity index is 480. The Morgan fingerprint density at radius 2 is 2.14 bits per heavy atom. The summed E-state index contributed by atoms with van der Waals surface area (Å²) in [4.78, 5) is 4.20. The van der Waals surface area contributed by atoms with E-state index in [4.69, 9.17) is 5.73 Å². The van der Waals surface area contributed by atoms with Crippen LogP contribution >= 0.6 is 0 Å². The molecule has 1 heterocycles. The zero-order valence-electron chi connectivity index (χ0n) is 7.92. The highest BCUT2D eigenvalue weighted by Crippen LogP contribution is 2.19. The Morgan fingerprint density at radius 3 is 2.86 bits per heavy atom. The first-order valence-corrected chi connectivity index (χ1v) is 4.55. The Morgan fingerprint density at radius 1 is 1.36 bits per heavy atom. The third-order valence-electron chi connectivity index (χ3n) is 2.27. The largest absolute Gasteiger partial charge is 0.383 e. The molecule has 0 saturated carbocycles. The third kappa shape index (κ3) is 1.41. The predicted octanol–water partition coefficient (Wildman–Crippen LogP) is 2.52. The first kappa shape index (κ1) is 8.94. The number of nitrogens with zero attached hydrogens (tertiary/aromatic N) is 1. The van der Waals surface area contributed by atoms with Gasteiger partial charge in [0, 0.05) is 5.39 Å². The standard InChI is InChI=1S/C11H11FN2/c1-2-7-5-8-6-9(12)3-4-10(8)14-11(7)13/h3-6H,2H2,1H3,(H2,13,14). The molecule has 1 aromatic carbocycles. The molecule has 0 aliphatic carbocycles. The van der Waals surface area contributed by atoms with Gasteiger partial charge in [-0.2, -0.15) is 0 Å². The number of aromatic nitrogens is 1. The van der Waals surface area contributed by atoms with Crippen LogP contribution in [-0.2, 0) is 6.42 Å². The van der Waals surface area contributed by atoms with Crippen molar-refractivity contribution in [1.82, 2.24) is 4.98 Å². The number of benzene rings is 1. The van der Waals surface area contributed by atoms with Gasteiger partial charge in [-0.25, -0.2) is 9.37 Å². The maximum Gasteiger partial charge on any atom is 0.127 e. The van der Waals surface area contributed by atoms with Crippen molar-refractivity contribution in [3.63, 3.8) is 0 Å². The van der Waals surface area contributed by atoms with E-state index in [1.807, 2.05) is 13.0 Å². The van der Waals surface area contributed by atoms with Crippen LogP contribution in [0, 0.1) is 5.82 Å². The molecule has 0 amide bonds. The van der Waals surface area contributed by atoms with E-state index in [9.17, 15) is 4.39 Å². The zero-order chi connectivity index (χ0) is 10.1. The van der Waals surface area contributed by atoms with Crippen LogP contribution in [0.3, 0.4) is 0 Å². The van der Waals surface area contributed by atoms with E-state index in [1.54, 1.807) is 6.07 Å². The van der Waals surface area contributed by atoms with Crippen molar-refractivity contribution in [1.29, 1.82) is 0 Å². The highest BCUT2D eigenvalue weighted by molar-refractivity contribution is 5.81. The van der Waals surface area contributed by atoms with Gasteiger partial charge in [0.05, 0.1) is 5.52 Å². The maximum atomic E-state index is 12.9. The van der Waals surface area contributed by atoms with Gasteiger partial charge in [-0.05, 0) is 36.2 Å². The second-order valence-corrected chi connectivity index (χ2v) is 3.22. The summed E-state index contributed by atoms with van der Waals surface area (Å²) in [5.41, 5.74) is 7.43. The van der Waals surface area contributed by atoms with Gasteiger partial charge in [0.25, 0.3) is 0 Å². The summed E-state index contributed by atoms with van der Waals surface area (Å²) in [6.45, 7) is 2.00. The topological polar surface area (TPSA) is 38.9 Å². The van der Waals surface area contributed by atoms with E-state index in [-0.39, 0.29) is 5.82 Å². The highest BCUT2D eigenvalue weighted by Gasteiger charge is 2.02. The van der Waals surface area contributed by atoms with Gasteiger partial charge in [-0.3, -0.25) is 0 Å². The van der Waals surface area contributed by atoms with Gasteiger partial charge in [0.2, 0.25) is 0 Å². The quantitative estimate of drug-likeness (QED) is 0.750. The van der Waals surface area contributed by atoms with Crippen molar-refractivity contribution in [3.05, 3.63) is 35.6 Å². The van der Waals surface area contributed by atoms with Gasteiger partial charge in [-0.15, -0.1) is 0 Å². The number of rotatable bonds is 1. The normalized spacial score (nSPS) is 10.7. The Labute approximate surface area is 81.6 Å². The smallest absolute Gasteiger partial charge is 0.127 e. The van der Waals surface area contributed by atoms with E-state index >= 15 is 0 Å². The molecular formula is C11H11FN2. The highest BCUT2D eigenvalue weighted by atomic mass is 19.1. The van der Waals surface area contributed by atoms with E-state index in [0.29, 0.717) is 5.82 Å². The van der Waals surface area contributed by atoms with Crippen molar-refractivity contribution < 1.29 is 4.39 Å². The van der Waals surface area contributed by atoms with E-state index in [0.717, 1.165) is 22.9 Å². The molecular weight excluding hydrogens is 179 g/mol. The van der Waals surface area contributed by atoms with Gasteiger partial charge in [0.1, 0.15) is 11.6 Å². The number of pyridine rings is 1.